The van der Waals surface area contributed by atoms with E-state index in [0.717, 1.165) is 12.8 Å². The van der Waals surface area contributed by atoms with Gasteiger partial charge in [0.1, 0.15) is 0 Å². The summed E-state index contributed by atoms with van der Waals surface area (Å²) >= 11 is 0. The maximum absolute atomic E-state index is 11.9. The first-order valence-corrected chi connectivity index (χ1v) is 5.71. The molecule has 0 aromatic carbocycles. The SMILES string of the molecule is COC(C)(C)CC(=O)N1CCC(C#N)CC1. The van der Waals surface area contributed by atoms with Crippen molar-refractivity contribution < 1.29 is 9.53 Å². The zero-order valence-corrected chi connectivity index (χ0v) is 10.3. The highest BCUT2D eigenvalue weighted by atomic mass is 16.5. The van der Waals surface area contributed by atoms with Crippen molar-refractivity contribution in [2.75, 3.05) is 20.2 Å². The number of hydrogen-bond donors (Lipinski definition) is 0. The molecule has 0 aliphatic carbocycles. The molecule has 1 saturated heterocycles. The zero-order chi connectivity index (χ0) is 12.2. The van der Waals surface area contributed by atoms with Crippen LogP contribution in [0.25, 0.3) is 0 Å². The molecule has 0 N–H and O–H groups in total. The van der Waals surface area contributed by atoms with Crippen LogP contribution < -0.4 is 0 Å². The smallest absolute Gasteiger partial charge is 0.225 e. The van der Waals surface area contributed by atoms with Crippen molar-refractivity contribution in [3.8, 4) is 6.07 Å². The Bertz CT molecular complexity index is 286. The van der Waals surface area contributed by atoms with Gasteiger partial charge in [0.2, 0.25) is 5.91 Å². The number of likely N-dealkylation sites (tertiary alicyclic amines) is 1. The summed E-state index contributed by atoms with van der Waals surface area (Å²) in [5.41, 5.74) is -0.400. The van der Waals surface area contributed by atoms with Crippen molar-refractivity contribution >= 4 is 5.91 Å². The van der Waals surface area contributed by atoms with Gasteiger partial charge >= 0.3 is 0 Å². The number of carbonyl (C=O) groups excluding carboxylic acids is 1. The van der Waals surface area contributed by atoms with Crippen molar-refractivity contribution in [1.29, 1.82) is 5.26 Å². The molecule has 0 aromatic heterocycles. The number of amides is 1. The van der Waals surface area contributed by atoms with Crippen LogP contribution in [0.1, 0.15) is 33.1 Å². The highest BCUT2D eigenvalue weighted by Crippen LogP contribution is 2.20. The first-order chi connectivity index (χ1) is 7.48. The van der Waals surface area contributed by atoms with Crippen LogP contribution in [0.2, 0.25) is 0 Å². The van der Waals surface area contributed by atoms with Crippen molar-refractivity contribution in [3.63, 3.8) is 0 Å². The van der Waals surface area contributed by atoms with E-state index >= 15 is 0 Å². The predicted octanol–water partition coefficient (Wildman–Crippen LogP) is 1.56. The van der Waals surface area contributed by atoms with Crippen LogP contribution in [0.3, 0.4) is 0 Å². The minimum atomic E-state index is -0.400. The summed E-state index contributed by atoms with van der Waals surface area (Å²) in [7, 11) is 1.62. The predicted molar refractivity (Wildman–Crippen MR) is 60.6 cm³/mol. The lowest BCUT2D eigenvalue weighted by atomic mass is 9.97. The molecule has 1 heterocycles. The second-order valence-electron chi connectivity index (χ2n) is 4.92. The van der Waals surface area contributed by atoms with Crippen LogP contribution in [-0.4, -0.2) is 36.6 Å². The van der Waals surface area contributed by atoms with E-state index in [1.54, 1.807) is 7.11 Å². The Kier molecular flexibility index (Phi) is 4.31. The first kappa shape index (κ1) is 13.0. The largest absolute Gasteiger partial charge is 0.378 e. The Labute approximate surface area is 97.2 Å². The molecular formula is C12H20N2O2. The zero-order valence-electron chi connectivity index (χ0n) is 10.3. The summed E-state index contributed by atoms with van der Waals surface area (Å²) in [5, 5.41) is 8.77. The third-order valence-corrected chi connectivity index (χ3v) is 3.16. The lowest BCUT2D eigenvalue weighted by Gasteiger charge is -2.32. The Balaban J connectivity index is 2.43. The minimum absolute atomic E-state index is 0.125. The Hall–Kier alpha value is -1.08. The molecular weight excluding hydrogens is 204 g/mol. The molecule has 1 aliphatic rings. The molecule has 0 atom stereocenters. The van der Waals surface area contributed by atoms with Crippen LogP contribution in [0.4, 0.5) is 0 Å². The monoisotopic (exact) mass is 224 g/mol. The summed E-state index contributed by atoms with van der Waals surface area (Å²) in [5.74, 6) is 0.253. The molecule has 1 amide bonds. The summed E-state index contributed by atoms with van der Waals surface area (Å²) in [4.78, 5) is 13.8. The molecule has 4 heteroatoms. The second-order valence-corrected chi connectivity index (χ2v) is 4.92. The molecule has 1 rings (SSSR count). The fourth-order valence-electron chi connectivity index (χ4n) is 1.81. The lowest BCUT2D eigenvalue weighted by molar-refractivity contribution is -0.137. The van der Waals surface area contributed by atoms with Crippen LogP contribution >= 0.6 is 0 Å². The number of ether oxygens (including phenoxy) is 1. The molecule has 0 saturated carbocycles. The second kappa shape index (κ2) is 5.31. The fraction of sp³-hybridized carbons (Fsp3) is 0.833. The van der Waals surface area contributed by atoms with E-state index in [0.29, 0.717) is 19.5 Å². The molecule has 1 aliphatic heterocycles. The molecule has 0 aromatic rings. The van der Waals surface area contributed by atoms with Gasteiger partial charge in [-0.1, -0.05) is 0 Å². The first-order valence-electron chi connectivity index (χ1n) is 5.71. The van der Waals surface area contributed by atoms with Gasteiger partial charge in [0.25, 0.3) is 0 Å². The standard InChI is InChI=1S/C12H20N2O2/c1-12(2,16-3)8-11(15)14-6-4-10(9-13)5-7-14/h10H,4-8H2,1-3H3. The Morgan fingerprint density at radius 1 is 1.50 bits per heavy atom. The Morgan fingerprint density at radius 3 is 2.50 bits per heavy atom. The maximum Gasteiger partial charge on any atom is 0.225 e. The molecule has 0 radical (unpaired) electrons. The Morgan fingerprint density at radius 2 is 2.06 bits per heavy atom. The van der Waals surface area contributed by atoms with Crippen LogP contribution in [0.15, 0.2) is 0 Å². The summed E-state index contributed by atoms with van der Waals surface area (Å²) in [6.07, 6.45) is 2.01. The van der Waals surface area contributed by atoms with Gasteiger partial charge in [-0.3, -0.25) is 4.79 Å². The molecule has 90 valence electrons. The summed E-state index contributed by atoms with van der Waals surface area (Å²) in [6, 6.07) is 2.26. The van der Waals surface area contributed by atoms with Gasteiger partial charge < -0.3 is 9.64 Å². The van der Waals surface area contributed by atoms with Crippen molar-refractivity contribution in [2.45, 2.75) is 38.7 Å². The summed E-state index contributed by atoms with van der Waals surface area (Å²) < 4.78 is 5.24. The van der Waals surface area contributed by atoms with Gasteiger partial charge in [0, 0.05) is 26.1 Å². The fourth-order valence-corrected chi connectivity index (χ4v) is 1.81. The highest BCUT2D eigenvalue weighted by Gasteiger charge is 2.27. The molecule has 4 nitrogen and oxygen atoms in total. The van der Waals surface area contributed by atoms with Crippen molar-refractivity contribution in [3.05, 3.63) is 0 Å². The molecule has 0 spiro atoms. The van der Waals surface area contributed by atoms with E-state index in [-0.39, 0.29) is 11.8 Å². The average molecular weight is 224 g/mol. The van der Waals surface area contributed by atoms with E-state index in [9.17, 15) is 4.79 Å². The normalized spacial score (nSPS) is 18.2. The molecule has 1 fully saturated rings. The van der Waals surface area contributed by atoms with E-state index in [1.165, 1.54) is 0 Å². The third-order valence-electron chi connectivity index (χ3n) is 3.16. The molecule has 0 bridgehead atoms. The maximum atomic E-state index is 11.9. The number of methoxy groups -OCH3 is 1. The van der Waals surface area contributed by atoms with E-state index in [1.807, 2.05) is 18.7 Å². The van der Waals surface area contributed by atoms with Crippen molar-refractivity contribution in [1.82, 2.24) is 4.90 Å². The average Bonchev–Trinajstić information content (AvgIpc) is 2.28. The van der Waals surface area contributed by atoms with E-state index in [2.05, 4.69) is 6.07 Å². The number of nitriles is 1. The lowest BCUT2D eigenvalue weighted by Crippen LogP contribution is -2.41. The number of carbonyl (C=O) groups is 1. The van der Waals surface area contributed by atoms with Gasteiger partial charge in [-0.15, -0.1) is 0 Å². The third kappa shape index (κ3) is 3.49. The topological polar surface area (TPSA) is 53.3 Å². The summed E-state index contributed by atoms with van der Waals surface area (Å²) in [6.45, 7) is 5.23. The van der Waals surface area contributed by atoms with E-state index < -0.39 is 5.60 Å². The van der Waals surface area contributed by atoms with Crippen LogP contribution in [-0.2, 0) is 9.53 Å². The van der Waals surface area contributed by atoms with Crippen LogP contribution in [0.5, 0.6) is 0 Å². The number of piperidine rings is 1. The van der Waals surface area contributed by atoms with Gasteiger partial charge in [-0.2, -0.15) is 5.26 Å². The van der Waals surface area contributed by atoms with E-state index in [4.69, 9.17) is 10.00 Å². The molecule has 0 unspecified atom stereocenters. The number of rotatable bonds is 3. The number of hydrogen-bond acceptors (Lipinski definition) is 3. The minimum Gasteiger partial charge on any atom is -0.378 e. The van der Waals surface area contributed by atoms with Gasteiger partial charge in [0.05, 0.1) is 18.1 Å². The van der Waals surface area contributed by atoms with Crippen LogP contribution in [0, 0.1) is 17.2 Å². The quantitative estimate of drug-likeness (QED) is 0.731. The van der Waals surface area contributed by atoms with Crippen molar-refractivity contribution in [2.24, 2.45) is 5.92 Å². The molecule has 16 heavy (non-hydrogen) atoms. The highest BCUT2D eigenvalue weighted by molar-refractivity contribution is 5.77. The number of nitrogens with zero attached hydrogens (tertiary/aromatic N) is 2. The van der Waals surface area contributed by atoms with Gasteiger partial charge in [-0.05, 0) is 26.7 Å². The van der Waals surface area contributed by atoms with Gasteiger partial charge in [-0.25, -0.2) is 0 Å². The van der Waals surface area contributed by atoms with Gasteiger partial charge in [0.15, 0.2) is 0 Å².